The molecular formula is C17H21BN6. The zero-order chi connectivity index (χ0) is 16.7. The number of aromatic amines is 1. The monoisotopic (exact) mass is 320 g/mol. The Labute approximate surface area is 143 Å². The van der Waals surface area contributed by atoms with Gasteiger partial charge in [0.25, 0.3) is 0 Å². The van der Waals surface area contributed by atoms with Gasteiger partial charge in [-0.25, -0.2) is 9.97 Å². The molecule has 1 aliphatic carbocycles. The first-order chi connectivity index (χ1) is 11.6. The van der Waals surface area contributed by atoms with Crippen LogP contribution in [0, 0.1) is 17.2 Å². The summed E-state index contributed by atoms with van der Waals surface area (Å²) in [5.41, 5.74) is 0.866. The van der Waals surface area contributed by atoms with Crippen LogP contribution in [0.25, 0.3) is 11.0 Å². The summed E-state index contributed by atoms with van der Waals surface area (Å²) in [7, 11) is 8.87. The zero-order valence-corrected chi connectivity index (χ0v) is 13.9. The standard InChI is InChI=1S/C17H21BN6/c1-23(16-14-2-5-20-15(14)21-11-22-16)13-8-12-3-6-24(7-4-19)10-17(12,18)9-13/h2,5,11-13H,3,6-10H2,1H3,(H,20,21,22)/t12-,13?,17+/m1/s1. The van der Waals surface area contributed by atoms with Crippen molar-refractivity contribution < 1.29 is 0 Å². The van der Waals surface area contributed by atoms with Crippen LogP contribution in [0.2, 0.25) is 5.31 Å². The second-order valence-electron chi connectivity index (χ2n) is 7.23. The molecule has 4 rings (SSSR count). The highest BCUT2D eigenvalue weighted by molar-refractivity contribution is 6.16. The van der Waals surface area contributed by atoms with Gasteiger partial charge in [0.1, 0.15) is 17.8 Å². The fourth-order valence-electron chi connectivity index (χ4n) is 4.53. The Balaban J connectivity index is 1.56. The van der Waals surface area contributed by atoms with E-state index in [-0.39, 0.29) is 5.31 Å². The van der Waals surface area contributed by atoms with Gasteiger partial charge in [-0.3, -0.25) is 4.90 Å². The van der Waals surface area contributed by atoms with Crippen LogP contribution in [0.5, 0.6) is 0 Å². The molecule has 3 heterocycles. The van der Waals surface area contributed by atoms with E-state index in [1.807, 2.05) is 12.3 Å². The highest BCUT2D eigenvalue weighted by Crippen LogP contribution is 2.53. The predicted molar refractivity (Wildman–Crippen MR) is 93.9 cm³/mol. The average Bonchev–Trinajstić information content (AvgIpc) is 3.17. The number of likely N-dealkylation sites (tertiary alicyclic amines) is 1. The van der Waals surface area contributed by atoms with Gasteiger partial charge >= 0.3 is 0 Å². The van der Waals surface area contributed by atoms with E-state index in [9.17, 15) is 0 Å². The number of H-pyrrole nitrogens is 1. The molecule has 0 bridgehead atoms. The number of nitrogens with one attached hydrogen (secondary N) is 1. The average molecular weight is 320 g/mol. The van der Waals surface area contributed by atoms with Gasteiger partial charge in [0.15, 0.2) is 0 Å². The van der Waals surface area contributed by atoms with Crippen molar-refractivity contribution in [3.05, 3.63) is 18.6 Å². The Morgan fingerprint density at radius 2 is 2.42 bits per heavy atom. The van der Waals surface area contributed by atoms with Crippen LogP contribution in [-0.2, 0) is 0 Å². The fraction of sp³-hybridized carbons (Fsp3) is 0.588. The first-order valence-corrected chi connectivity index (χ1v) is 8.50. The number of rotatable bonds is 3. The predicted octanol–water partition coefficient (Wildman–Crippen LogP) is 1.73. The van der Waals surface area contributed by atoms with Gasteiger partial charge in [-0.2, -0.15) is 5.26 Å². The molecule has 1 unspecified atom stereocenters. The van der Waals surface area contributed by atoms with E-state index in [2.05, 4.69) is 37.9 Å². The molecular weight excluding hydrogens is 299 g/mol. The zero-order valence-electron chi connectivity index (χ0n) is 13.9. The van der Waals surface area contributed by atoms with Crippen LogP contribution in [0.1, 0.15) is 19.3 Å². The first-order valence-electron chi connectivity index (χ1n) is 8.50. The molecule has 1 saturated heterocycles. The number of hydrogen-bond acceptors (Lipinski definition) is 5. The number of piperidine rings is 1. The summed E-state index contributed by atoms with van der Waals surface area (Å²) in [4.78, 5) is 16.4. The lowest BCUT2D eigenvalue weighted by Gasteiger charge is -2.42. The molecule has 0 amide bonds. The molecule has 6 nitrogen and oxygen atoms in total. The number of fused-ring (bicyclic) bond motifs is 2. The molecule has 2 aliphatic rings. The molecule has 3 atom stereocenters. The minimum absolute atomic E-state index is 0.196. The van der Waals surface area contributed by atoms with E-state index >= 15 is 0 Å². The van der Waals surface area contributed by atoms with Crippen molar-refractivity contribution in [3.63, 3.8) is 0 Å². The van der Waals surface area contributed by atoms with Crippen LogP contribution in [-0.4, -0.2) is 60.4 Å². The molecule has 122 valence electrons. The van der Waals surface area contributed by atoms with Gasteiger partial charge in [-0.1, -0.05) is 0 Å². The van der Waals surface area contributed by atoms with Crippen molar-refractivity contribution in [2.24, 2.45) is 5.92 Å². The van der Waals surface area contributed by atoms with Crippen LogP contribution in [0.4, 0.5) is 5.82 Å². The molecule has 1 N–H and O–H groups in total. The summed E-state index contributed by atoms with van der Waals surface area (Å²) < 4.78 is 0. The lowest BCUT2D eigenvalue weighted by Crippen LogP contribution is -2.42. The summed E-state index contributed by atoms with van der Waals surface area (Å²) in [5, 5.41) is 9.81. The van der Waals surface area contributed by atoms with Crippen molar-refractivity contribution >= 4 is 24.7 Å². The number of hydrogen-bond donors (Lipinski definition) is 1. The first kappa shape index (κ1) is 15.5. The third-order valence-corrected chi connectivity index (χ3v) is 5.81. The maximum Gasteiger partial charge on any atom is 0.142 e. The Morgan fingerprint density at radius 1 is 1.54 bits per heavy atom. The van der Waals surface area contributed by atoms with Crippen molar-refractivity contribution in [2.45, 2.75) is 30.6 Å². The molecule has 1 aliphatic heterocycles. The topological polar surface area (TPSA) is 71.8 Å². The summed E-state index contributed by atoms with van der Waals surface area (Å²) in [5.74, 6) is 1.48. The third-order valence-electron chi connectivity index (χ3n) is 5.81. The highest BCUT2D eigenvalue weighted by atomic mass is 15.2. The molecule has 1 saturated carbocycles. The molecule has 0 aromatic carbocycles. The maximum atomic E-state index is 8.95. The second-order valence-corrected chi connectivity index (χ2v) is 7.23. The second kappa shape index (κ2) is 5.78. The quantitative estimate of drug-likeness (QED) is 0.689. The van der Waals surface area contributed by atoms with Crippen molar-refractivity contribution in [1.82, 2.24) is 19.9 Å². The van der Waals surface area contributed by atoms with Crippen molar-refractivity contribution in [1.29, 1.82) is 5.26 Å². The van der Waals surface area contributed by atoms with Crippen molar-refractivity contribution in [3.8, 4) is 6.07 Å². The van der Waals surface area contributed by atoms with Crippen LogP contribution in [0.15, 0.2) is 18.6 Å². The van der Waals surface area contributed by atoms with Crippen molar-refractivity contribution in [2.75, 3.05) is 31.6 Å². The number of aromatic nitrogens is 3. The van der Waals surface area contributed by atoms with Crippen LogP contribution >= 0.6 is 0 Å². The summed E-state index contributed by atoms with van der Waals surface area (Å²) >= 11 is 0. The van der Waals surface area contributed by atoms with Gasteiger partial charge in [-0.05, 0) is 49.7 Å². The fourth-order valence-corrected chi connectivity index (χ4v) is 4.53. The molecule has 2 radical (unpaired) electrons. The van der Waals surface area contributed by atoms with Gasteiger partial charge in [0.2, 0.25) is 0 Å². The molecule has 0 spiro atoms. The SMILES string of the molecule is [B][C@]12CC(N(C)c3ncnc4[nH]ccc34)C[C@H]1CCN(CC#N)C2. The highest BCUT2D eigenvalue weighted by Gasteiger charge is 2.47. The Morgan fingerprint density at radius 3 is 3.25 bits per heavy atom. The van der Waals surface area contributed by atoms with Gasteiger partial charge in [-0.15, -0.1) is 0 Å². The lowest BCUT2D eigenvalue weighted by atomic mass is 9.59. The smallest absolute Gasteiger partial charge is 0.142 e. The van der Waals surface area contributed by atoms with Gasteiger partial charge in [0, 0.05) is 19.3 Å². The molecule has 2 fully saturated rings. The molecule has 7 heteroatoms. The molecule has 24 heavy (non-hydrogen) atoms. The Hall–Kier alpha value is -2.07. The van der Waals surface area contributed by atoms with E-state index in [0.717, 1.165) is 49.2 Å². The molecule has 2 aromatic rings. The van der Waals surface area contributed by atoms with Gasteiger partial charge in [0.05, 0.1) is 25.8 Å². The van der Waals surface area contributed by atoms with E-state index < -0.39 is 0 Å². The van der Waals surface area contributed by atoms with E-state index in [0.29, 0.717) is 18.5 Å². The van der Waals surface area contributed by atoms with Crippen LogP contribution in [0.3, 0.4) is 0 Å². The van der Waals surface area contributed by atoms with Crippen LogP contribution < -0.4 is 4.90 Å². The Bertz CT molecular complexity index is 783. The molecule has 2 aromatic heterocycles. The summed E-state index contributed by atoms with van der Waals surface area (Å²) in [6.45, 7) is 2.27. The summed E-state index contributed by atoms with van der Waals surface area (Å²) in [6, 6.07) is 4.65. The lowest BCUT2D eigenvalue weighted by molar-refractivity contribution is 0.165. The van der Waals surface area contributed by atoms with E-state index in [1.54, 1.807) is 6.33 Å². The largest absolute Gasteiger partial charge is 0.356 e. The van der Waals surface area contributed by atoms with E-state index in [1.165, 1.54) is 0 Å². The summed E-state index contributed by atoms with van der Waals surface area (Å²) in [6.07, 6.45) is 6.61. The number of nitrogens with zero attached hydrogens (tertiary/aromatic N) is 5. The number of nitriles is 1. The Kier molecular flexibility index (Phi) is 3.72. The van der Waals surface area contributed by atoms with Gasteiger partial charge < -0.3 is 9.88 Å². The minimum atomic E-state index is -0.196. The van der Waals surface area contributed by atoms with E-state index in [4.69, 9.17) is 13.1 Å². The minimum Gasteiger partial charge on any atom is -0.356 e. The normalized spacial score (nSPS) is 30.2. The number of anilines is 1. The maximum absolute atomic E-state index is 8.95. The third kappa shape index (κ3) is 2.46.